The van der Waals surface area contributed by atoms with Gasteiger partial charge in [0.05, 0.1) is 17.3 Å². The molecule has 1 aromatic rings. The molecule has 1 aliphatic heterocycles. The van der Waals surface area contributed by atoms with Crippen LogP contribution in [0.25, 0.3) is 0 Å². The third-order valence-electron chi connectivity index (χ3n) is 2.97. The van der Waals surface area contributed by atoms with Gasteiger partial charge in [-0.25, -0.2) is 0 Å². The molecule has 0 aliphatic carbocycles. The van der Waals surface area contributed by atoms with Crippen LogP contribution in [0.5, 0.6) is 0 Å². The Balaban J connectivity index is 2.25. The summed E-state index contributed by atoms with van der Waals surface area (Å²) in [5.74, 6) is 0. The fraction of sp³-hybridized carbons (Fsp3) is 0.462. The average molecular weight is 294 g/mol. The molecule has 0 radical (unpaired) electrons. The number of nitrogens with one attached hydrogen (secondary N) is 1. The van der Waals surface area contributed by atoms with E-state index in [0.29, 0.717) is 17.6 Å². The largest absolute Gasteiger partial charge is 0.368 e. The summed E-state index contributed by atoms with van der Waals surface area (Å²) >= 11 is 3.55. The summed E-state index contributed by atoms with van der Waals surface area (Å²) in [4.78, 5) is 2.36. The first-order valence-corrected chi connectivity index (χ1v) is 6.60. The van der Waals surface area contributed by atoms with E-state index in [0.717, 1.165) is 17.6 Å². The third kappa shape index (κ3) is 2.80. The van der Waals surface area contributed by atoms with Crippen molar-refractivity contribution in [2.45, 2.75) is 25.9 Å². The highest BCUT2D eigenvalue weighted by atomic mass is 79.9. The van der Waals surface area contributed by atoms with Crippen LogP contribution in [0, 0.1) is 11.3 Å². The van der Waals surface area contributed by atoms with Crippen molar-refractivity contribution in [1.29, 1.82) is 5.26 Å². The molecule has 1 fully saturated rings. The van der Waals surface area contributed by atoms with Crippen LogP contribution in [0.4, 0.5) is 5.69 Å². The van der Waals surface area contributed by atoms with Gasteiger partial charge in [0.2, 0.25) is 0 Å². The Labute approximate surface area is 111 Å². The number of nitrogens with zero attached hydrogens (tertiary/aromatic N) is 2. The van der Waals surface area contributed by atoms with Crippen LogP contribution >= 0.6 is 15.9 Å². The molecule has 0 bridgehead atoms. The zero-order chi connectivity index (χ0) is 12.4. The van der Waals surface area contributed by atoms with Gasteiger partial charge in [-0.15, -0.1) is 0 Å². The van der Waals surface area contributed by atoms with E-state index < -0.39 is 0 Å². The molecule has 0 spiro atoms. The van der Waals surface area contributed by atoms with Crippen LogP contribution in [-0.4, -0.2) is 25.2 Å². The molecule has 2 rings (SSSR count). The fourth-order valence-electron chi connectivity index (χ4n) is 2.36. The SMILES string of the molecule is CC1CN(c2ccc(C#N)cc2Br)CC(C)N1. The summed E-state index contributed by atoms with van der Waals surface area (Å²) in [5.41, 5.74) is 1.86. The second-order valence-electron chi connectivity index (χ2n) is 4.65. The number of halogens is 1. The van der Waals surface area contributed by atoms with Crippen LogP contribution in [0.1, 0.15) is 19.4 Å². The number of piperazine rings is 1. The van der Waals surface area contributed by atoms with Gasteiger partial charge in [0.15, 0.2) is 0 Å². The first kappa shape index (κ1) is 12.4. The van der Waals surface area contributed by atoms with E-state index >= 15 is 0 Å². The molecule has 0 amide bonds. The molecule has 4 heteroatoms. The molecule has 0 aromatic heterocycles. The molecule has 2 atom stereocenters. The van der Waals surface area contributed by atoms with Gasteiger partial charge < -0.3 is 10.2 Å². The molecular formula is C13H16BrN3. The van der Waals surface area contributed by atoms with Gasteiger partial charge in [-0.3, -0.25) is 0 Å². The Morgan fingerprint density at radius 1 is 1.35 bits per heavy atom. The Morgan fingerprint density at radius 2 is 2.00 bits per heavy atom. The summed E-state index contributed by atoms with van der Waals surface area (Å²) in [6.07, 6.45) is 0. The molecule has 1 N–H and O–H groups in total. The lowest BCUT2D eigenvalue weighted by molar-refractivity contribution is 0.407. The molecule has 1 saturated heterocycles. The Kier molecular flexibility index (Phi) is 3.70. The minimum atomic E-state index is 0.487. The van der Waals surface area contributed by atoms with Gasteiger partial charge >= 0.3 is 0 Å². The predicted molar refractivity (Wildman–Crippen MR) is 73.1 cm³/mol. The molecule has 2 unspecified atom stereocenters. The lowest BCUT2D eigenvalue weighted by Gasteiger charge is -2.38. The van der Waals surface area contributed by atoms with E-state index in [1.807, 2.05) is 18.2 Å². The minimum Gasteiger partial charge on any atom is -0.368 e. The van der Waals surface area contributed by atoms with Gasteiger partial charge in [0, 0.05) is 29.6 Å². The van der Waals surface area contributed by atoms with Gasteiger partial charge in [0.1, 0.15) is 0 Å². The first-order chi connectivity index (χ1) is 8.10. The smallest absolute Gasteiger partial charge is 0.0992 e. The number of hydrogen-bond donors (Lipinski definition) is 1. The molecule has 1 aliphatic rings. The van der Waals surface area contributed by atoms with Crippen LogP contribution < -0.4 is 10.2 Å². The maximum atomic E-state index is 8.85. The average Bonchev–Trinajstić information content (AvgIpc) is 2.27. The van der Waals surface area contributed by atoms with Crippen LogP contribution in [0.3, 0.4) is 0 Å². The quantitative estimate of drug-likeness (QED) is 0.865. The Morgan fingerprint density at radius 3 is 2.53 bits per heavy atom. The normalized spacial score (nSPS) is 24.5. The summed E-state index contributed by atoms with van der Waals surface area (Å²) < 4.78 is 0.998. The highest BCUT2D eigenvalue weighted by molar-refractivity contribution is 9.10. The van der Waals surface area contributed by atoms with Gasteiger partial charge in [-0.2, -0.15) is 5.26 Å². The van der Waals surface area contributed by atoms with Crippen LogP contribution in [0.15, 0.2) is 22.7 Å². The van der Waals surface area contributed by atoms with Crippen LogP contribution in [0.2, 0.25) is 0 Å². The third-order valence-corrected chi connectivity index (χ3v) is 3.61. The highest BCUT2D eigenvalue weighted by Crippen LogP contribution is 2.28. The van der Waals surface area contributed by atoms with Crippen molar-refractivity contribution in [3.63, 3.8) is 0 Å². The molecular weight excluding hydrogens is 278 g/mol. The summed E-state index contributed by atoms with van der Waals surface area (Å²) in [6.45, 7) is 6.38. The lowest BCUT2D eigenvalue weighted by atomic mass is 10.1. The van der Waals surface area contributed by atoms with E-state index in [1.165, 1.54) is 5.69 Å². The van der Waals surface area contributed by atoms with Crippen molar-refractivity contribution in [1.82, 2.24) is 5.32 Å². The molecule has 0 saturated carbocycles. The lowest BCUT2D eigenvalue weighted by Crippen LogP contribution is -2.54. The number of hydrogen-bond acceptors (Lipinski definition) is 3. The number of rotatable bonds is 1. The standard InChI is InChI=1S/C13H16BrN3/c1-9-7-17(8-10(2)16-9)13-4-3-11(6-15)5-12(13)14/h3-5,9-10,16H,7-8H2,1-2H3. The Hall–Kier alpha value is -1.05. The van der Waals surface area contributed by atoms with Crippen molar-refractivity contribution < 1.29 is 0 Å². The first-order valence-electron chi connectivity index (χ1n) is 5.81. The van der Waals surface area contributed by atoms with Crippen molar-refractivity contribution >= 4 is 21.6 Å². The maximum Gasteiger partial charge on any atom is 0.0992 e. The maximum absolute atomic E-state index is 8.85. The zero-order valence-electron chi connectivity index (χ0n) is 10.1. The summed E-state index contributed by atoms with van der Waals surface area (Å²) in [6, 6.07) is 8.90. The van der Waals surface area contributed by atoms with Crippen LogP contribution in [-0.2, 0) is 0 Å². The number of nitriles is 1. The van der Waals surface area contributed by atoms with E-state index in [-0.39, 0.29) is 0 Å². The number of anilines is 1. The van der Waals surface area contributed by atoms with E-state index in [9.17, 15) is 0 Å². The van der Waals surface area contributed by atoms with Crippen molar-refractivity contribution in [2.24, 2.45) is 0 Å². The highest BCUT2D eigenvalue weighted by Gasteiger charge is 2.22. The predicted octanol–water partition coefficient (Wildman–Crippen LogP) is 2.51. The van der Waals surface area contributed by atoms with Crippen molar-refractivity contribution in [3.8, 4) is 6.07 Å². The molecule has 17 heavy (non-hydrogen) atoms. The zero-order valence-corrected chi connectivity index (χ0v) is 11.7. The second-order valence-corrected chi connectivity index (χ2v) is 5.51. The summed E-state index contributed by atoms with van der Waals surface area (Å²) in [7, 11) is 0. The van der Waals surface area contributed by atoms with Crippen molar-refractivity contribution in [2.75, 3.05) is 18.0 Å². The van der Waals surface area contributed by atoms with Gasteiger partial charge in [0.25, 0.3) is 0 Å². The molecule has 90 valence electrons. The molecule has 3 nitrogen and oxygen atoms in total. The van der Waals surface area contributed by atoms with Gasteiger partial charge in [-0.1, -0.05) is 0 Å². The van der Waals surface area contributed by atoms with E-state index in [4.69, 9.17) is 5.26 Å². The molecule has 1 aromatic carbocycles. The van der Waals surface area contributed by atoms with E-state index in [2.05, 4.69) is 46.1 Å². The topological polar surface area (TPSA) is 39.1 Å². The summed E-state index contributed by atoms with van der Waals surface area (Å²) in [5, 5.41) is 12.4. The Bertz CT molecular complexity index is 442. The monoisotopic (exact) mass is 293 g/mol. The van der Waals surface area contributed by atoms with Crippen molar-refractivity contribution in [3.05, 3.63) is 28.2 Å². The fourth-order valence-corrected chi connectivity index (χ4v) is 2.99. The van der Waals surface area contributed by atoms with Gasteiger partial charge in [-0.05, 0) is 48.0 Å². The number of benzene rings is 1. The second kappa shape index (κ2) is 5.07. The molecule has 1 heterocycles. The van der Waals surface area contributed by atoms with E-state index in [1.54, 1.807) is 0 Å². The minimum absolute atomic E-state index is 0.487.